The van der Waals surface area contributed by atoms with Crippen molar-refractivity contribution in [2.24, 2.45) is 0 Å². The summed E-state index contributed by atoms with van der Waals surface area (Å²) in [6, 6.07) is 10.1. The van der Waals surface area contributed by atoms with Crippen LogP contribution in [0.4, 0.5) is 0 Å². The molecular formula is C17H23Cl2N3O2. The van der Waals surface area contributed by atoms with E-state index in [0.29, 0.717) is 18.7 Å². The summed E-state index contributed by atoms with van der Waals surface area (Å²) in [5, 5.41) is 3.29. The molecule has 1 saturated heterocycles. The highest BCUT2D eigenvalue weighted by molar-refractivity contribution is 5.85. The molecule has 1 fully saturated rings. The van der Waals surface area contributed by atoms with Crippen molar-refractivity contribution < 1.29 is 9.21 Å². The van der Waals surface area contributed by atoms with Crippen LogP contribution in [0.25, 0.3) is 11.3 Å². The minimum absolute atomic E-state index is 0. The van der Waals surface area contributed by atoms with Crippen LogP contribution in [0.5, 0.6) is 0 Å². The van der Waals surface area contributed by atoms with E-state index in [1.165, 1.54) is 0 Å². The Hall–Kier alpha value is -1.56. The summed E-state index contributed by atoms with van der Waals surface area (Å²) >= 11 is 0. The van der Waals surface area contributed by atoms with E-state index in [4.69, 9.17) is 4.42 Å². The van der Waals surface area contributed by atoms with Gasteiger partial charge in [0, 0.05) is 44.1 Å². The predicted octanol–water partition coefficient (Wildman–Crippen LogP) is 2.94. The SMILES string of the molecule is C[C@@H]1CNCCN1C(=O)CCc1ncc(-c2ccccc2)o1.Cl.Cl. The fourth-order valence-corrected chi connectivity index (χ4v) is 2.73. The number of hydrogen-bond donors (Lipinski definition) is 1. The van der Waals surface area contributed by atoms with Crippen LogP contribution in [0.15, 0.2) is 40.9 Å². The summed E-state index contributed by atoms with van der Waals surface area (Å²) in [7, 11) is 0. The molecule has 0 saturated carbocycles. The van der Waals surface area contributed by atoms with E-state index in [1.54, 1.807) is 6.20 Å². The van der Waals surface area contributed by atoms with Gasteiger partial charge in [-0.05, 0) is 6.92 Å². The second kappa shape index (κ2) is 9.67. The molecule has 1 aromatic carbocycles. The molecule has 2 aromatic rings. The number of aryl methyl sites for hydroxylation is 1. The topological polar surface area (TPSA) is 58.4 Å². The van der Waals surface area contributed by atoms with Crippen LogP contribution in [0, 0.1) is 0 Å². The molecule has 24 heavy (non-hydrogen) atoms. The third kappa shape index (κ3) is 4.97. The van der Waals surface area contributed by atoms with Crippen LogP contribution in [-0.4, -0.2) is 41.5 Å². The van der Waals surface area contributed by atoms with Gasteiger partial charge in [-0.2, -0.15) is 0 Å². The molecule has 2 heterocycles. The first-order chi connectivity index (χ1) is 10.7. The number of amides is 1. The molecule has 0 radical (unpaired) electrons. The molecule has 1 atom stereocenters. The zero-order valence-corrected chi connectivity index (χ0v) is 15.2. The van der Waals surface area contributed by atoms with E-state index in [2.05, 4.69) is 17.2 Å². The van der Waals surface area contributed by atoms with Gasteiger partial charge in [-0.25, -0.2) is 4.98 Å². The van der Waals surface area contributed by atoms with Gasteiger partial charge in [-0.1, -0.05) is 30.3 Å². The number of nitrogens with one attached hydrogen (secondary N) is 1. The van der Waals surface area contributed by atoms with E-state index in [9.17, 15) is 4.79 Å². The molecule has 0 spiro atoms. The average molecular weight is 372 g/mol. The van der Waals surface area contributed by atoms with Gasteiger partial charge in [0.2, 0.25) is 5.91 Å². The Bertz CT molecular complexity index is 634. The quantitative estimate of drug-likeness (QED) is 0.897. The Morgan fingerprint density at radius 1 is 1.33 bits per heavy atom. The highest BCUT2D eigenvalue weighted by Gasteiger charge is 2.22. The van der Waals surface area contributed by atoms with Crippen LogP contribution in [0.3, 0.4) is 0 Å². The molecule has 132 valence electrons. The zero-order valence-electron chi connectivity index (χ0n) is 13.6. The van der Waals surface area contributed by atoms with Crippen molar-refractivity contribution in [1.29, 1.82) is 0 Å². The molecule has 0 bridgehead atoms. The molecular weight excluding hydrogens is 349 g/mol. The lowest BCUT2D eigenvalue weighted by molar-refractivity contribution is -0.134. The Balaban J connectivity index is 0.00000144. The van der Waals surface area contributed by atoms with Gasteiger partial charge in [0.05, 0.1) is 6.20 Å². The predicted molar refractivity (Wildman–Crippen MR) is 98.8 cm³/mol. The number of carbonyl (C=O) groups excluding carboxylic acids is 1. The maximum atomic E-state index is 12.3. The van der Waals surface area contributed by atoms with Crippen molar-refractivity contribution in [3.8, 4) is 11.3 Å². The Morgan fingerprint density at radius 2 is 2.08 bits per heavy atom. The second-order valence-corrected chi connectivity index (χ2v) is 5.62. The highest BCUT2D eigenvalue weighted by Crippen LogP contribution is 2.20. The lowest BCUT2D eigenvalue weighted by atomic mass is 10.2. The molecule has 1 aliphatic heterocycles. The van der Waals surface area contributed by atoms with Gasteiger partial charge in [-0.15, -0.1) is 24.8 Å². The summed E-state index contributed by atoms with van der Waals surface area (Å²) in [6.45, 7) is 4.58. The third-order valence-electron chi connectivity index (χ3n) is 3.99. The fourth-order valence-electron chi connectivity index (χ4n) is 2.73. The van der Waals surface area contributed by atoms with Gasteiger partial charge in [-0.3, -0.25) is 4.79 Å². The van der Waals surface area contributed by atoms with Crippen molar-refractivity contribution in [2.45, 2.75) is 25.8 Å². The molecule has 1 aliphatic rings. The van der Waals surface area contributed by atoms with Crippen LogP contribution in [-0.2, 0) is 11.2 Å². The number of halogens is 2. The summed E-state index contributed by atoms with van der Waals surface area (Å²) in [5.41, 5.74) is 1.00. The molecule has 3 rings (SSSR count). The number of aromatic nitrogens is 1. The van der Waals surface area contributed by atoms with Crippen molar-refractivity contribution in [1.82, 2.24) is 15.2 Å². The number of oxazole rings is 1. The monoisotopic (exact) mass is 371 g/mol. The average Bonchev–Trinajstić information content (AvgIpc) is 3.03. The van der Waals surface area contributed by atoms with Crippen molar-refractivity contribution in [2.75, 3.05) is 19.6 Å². The second-order valence-electron chi connectivity index (χ2n) is 5.62. The summed E-state index contributed by atoms with van der Waals surface area (Å²) in [4.78, 5) is 18.5. The number of nitrogens with zero attached hydrogens (tertiary/aromatic N) is 2. The number of rotatable bonds is 4. The van der Waals surface area contributed by atoms with Crippen LogP contribution >= 0.6 is 24.8 Å². The first-order valence-corrected chi connectivity index (χ1v) is 7.74. The molecule has 1 aromatic heterocycles. The normalized spacial score (nSPS) is 16.9. The third-order valence-corrected chi connectivity index (χ3v) is 3.99. The van der Waals surface area contributed by atoms with Crippen LogP contribution in [0.2, 0.25) is 0 Å². The first-order valence-electron chi connectivity index (χ1n) is 7.74. The Kier molecular flexibility index (Phi) is 8.25. The number of piperazine rings is 1. The van der Waals surface area contributed by atoms with E-state index in [1.807, 2.05) is 35.2 Å². The molecule has 0 aliphatic carbocycles. The van der Waals surface area contributed by atoms with Crippen molar-refractivity contribution >= 4 is 30.7 Å². The van der Waals surface area contributed by atoms with Gasteiger partial charge >= 0.3 is 0 Å². The summed E-state index contributed by atoms with van der Waals surface area (Å²) < 4.78 is 5.74. The van der Waals surface area contributed by atoms with Crippen molar-refractivity contribution in [3.63, 3.8) is 0 Å². The highest BCUT2D eigenvalue weighted by atomic mass is 35.5. The van der Waals surface area contributed by atoms with Gasteiger partial charge in [0.15, 0.2) is 11.7 Å². The smallest absolute Gasteiger partial charge is 0.223 e. The molecule has 7 heteroatoms. The van der Waals surface area contributed by atoms with E-state index in [0.717, 1.165) is 31.0 Å². The number of hydrogen-bond acceptors (Lipinski definition) is 4. The first kappa shape index (κ1) is 20.5. The zero-order chi connectivity index (χ0) is 15.4. The Labute approximate surface area is 154 Å². The van der Waals surface area contributed by atoms with E-state index < -0.39 is 0 Å². The summed E-state index contributed by atoms with van der Waals surface area (Å²) in [6.07, 6.45) is 2.71. The van der Waals surface area contributed by atoms with Gasteiger partial charge < -0.3 is 14.6 Å². The van der Waals surface area contributed by atoms with Gasteiger partial charge in [0.25, 0.3) is 0 Å². The standard InChI is InChI=1S/C17H21N3O2.2ClH/c1-13-11-18-9-10-20(13)17(21)8-7-16-19-12-15(22-16)14-5-3-2-4-6-14;;/h2-6,12-13,18H,7-11H2,1H3;2*1H/t13-;;/m1../s1. The minimum Gasteiger partial charge on any atom is -0.441 e. The van der Waals surface area contributed by atoms with E-state index in [-0.39, 0.29) is 36.8 Å². The maximum absolute atomic E-state index is 12.3. The molecule has 0 unspecified atom stereocenters. The minimum atomic E-state index is 0. The lowest BCUT2D eigenvalue weighted by Crippen LogP contribution is -2.52. The fraction of sp³-hybridized carbons (Fsp3) is 0.412. The largest absolute Gasteiger partial charge is 0.441 e. The number of benzene rings is 1. The van der Waals surface area contributed by atoms with E-state index >= 15 is 0 Å². The summed E-state index contributed by atoms with van der Waals surface area (Å²) in [5.74, 6) is 1.54. The number of carbonyl (C=O) groups is 1. The molecule has 1 N–H and O–H groups in total. The molecule has 5 nitrogen and oxygen atoms in total. The van der Waals surface area contributed by atoms with Crippen molar-refractivity contribution in [3.05, 3.63) is 42.4 Å². The molecule has 1 amide bonds. The Morgan fingerprint density at radius 3 is 2.79 bits per heavy atom. The van der Waals surface area contributed by atoms with Gasteiger partial charge in [0.1, 0.15) is 0 Å². The maximum Gasteiger partial charge on any atom is 0.223 e. The lowest BCUT2D eigenvalue weighted by Gasteiger charge is -2.34. The van der Waals surface area contributed by atoms with Crippen LogP contribution < -0.4 is 5.32 Å². The van der Waals surface area contributed by atoms with Crippen LogP contribution in [0.1, 0.15) is 19.2 Å².